The molecule has 1 saturated carbocycles. The summed E-state index contributed by atoms with van der Waals surface area (Å²) in [6, 6.07) is 5.80. The van der Waals surface area contributed by atoms with Gasteiger partial charge in [0.1, 0.15) is 11.9 Å². The summed E-state index contributed by atoms with van der Waals surface area (Å²) in [6.07, 6.45) is 7.47. The number of imidazole rings is 1. The number of hydrogen-bond donors (Lipinski definition) is 2. The molecule has 1 heterocycles. The molecular weight excluding hydrogens is 262 g/mol. The lowest BCUT2D eigenvalue weighted by atomic mass is 10.0. The van der Waals surface area contributed by atoms with Crippen molar-refractivity contribution in [2.24, 2.45) is 5.92 Å². The second kappa shape index (κ2) is 6.06. The number of nitrogens with two attached hydrogens (primary N) is 1. The van der Waals surface area contributed by atoms with Gasteiger partial charge in [0.25, 0.3) is 0 Å². The molecule has 1 unspecified atom stereocenters. The lowest BCUT2D eigenvalue weighted by molar-refractivity contribution is 0.184. The highest BCUT2D eigenvalue weighted by Crippen LogP contribution is 2.29. The highest BCUT2D eigenvalue weighted by atomic mass is 16.3. The van der Waals surface area contributed by atoms with E-state index in [1.54, 1.807) is 6.92 Å². The summed E-state index contributed by atoms with van der Waals surface area (Å²) in [5, 5.41) is 9.97. The average Bonchev–Trinajstić information content (AvgIpc) is 3.06. The Morgan fingerprint density at radius 3 is 2.86 bits per heavy atom. The van der Waals surface area contributed by atoms with Crippen LogP contribution in [0.15, 0.2) is 18.2 Å². The normalized spacial score (nSPS) is 17.6. The molecule has 0 spiro atoms. The predicted molar refractivity (Wildman–Crippen MR) is 86.0 cm³/mol. The number of hydrogen-bond acceptors (Lipinski definition) is 3. The Morgan fingerprint density at radius 2 is 2.14 bits per heavy atom. The van der Waals surface area contributed by atoms with Gasteiger partial charge in [-0.1, -0.05) is 25.7 Å². The second-order valence-corrected chi connectivity index (χ2v) is 6.34. The minimum atomic E-state index is -0.551. The Kier molecular flexibility index (Phi) is 4.15. The highest BCUT2D eigenvalue weighted by Gasteiger charge is 2.17. The Labute approximate surface area is 126 Å². The van der Waals surface area contributed by atoms with Crippen molar-refractivity contribution >= 4 is 16.7 Å². The smallest absolute Gasteiger partial charge is 0.138 e. The Hall–Kier alpha value is -1.55. The molecule has 4 nitrogen and oxygen atoms in total. The molecule has 0 bridgehead atoms. The molecule has 3 rings (SSSR count). The lowest BCUT2D eigenvalue weighted by Gasteiger charge is -2.13. The van der Waals surface area contributed by atoms with Crippen molar-refractivity contribution in [3.05, 3.63) is 24.0 Å². The van der Waals surface area contributed by atoms with Crippen LogP contribution >= 0.6 is 0 Å². The SMILES string of the molecule is CC(O)c1nc2cc(N)ccc2n1CCCC1CCCC1. The van der Waals surface area contributed by atoms with Gasteiger partial charge in [0, 0.05) is 12.2 Å². The molecule has 2 aromatic rings. The molecule has 0 aliphatic heterocycles. The number of aromatic nitrogens is 2. The number of rotatable bonds is 5. The molecule has 0 radical (unpaired) electrons. The molecule has 21 heavy (non-hydrogen) atoms. The number of benzene rings is 1. The number of aryl methyl sites for hydroxylation is 1. The molecule has 1 atom stereocenters. The zero-order valence-electron chi connectivity index (χ0n) is 12.8. The van der Waals surface area contributed by atoms with E-state index in [1.165, 1.54) is 32.1 Å². The molecule has 1 fully saturated rings. The number of nitrogens with zero attached hydrogens (tertiary/aromatic N) is 2. The minimum Gasteiger partial charge on any atom is -0.399 e. The van der Waals surface area contributed by atoms with E-state index in [-0.39, 0.29) is 0 Å². The summed E-state index contributed by atoms with van der Waals surface area (Å²) in [5.74, 6) is 1.66. The Morgan fingerprint density at radius 1 is 1.38 bits per heavy atom. The average molecular weight is 287 g/mol. The van der Waals surface area contributed by atoms with Crippen molar-refractivity contribution in [1.29, 1.82) is 0 Å². The first kappa shape index (κ1) is 14.4. The van der Waals surface area contributed by atoms with Crippen LogP contribution < -0.4 is 5.73 Å². The van der Waals surface area contributed by atoms with Crippen molar-refractivity contribution in [3.63, 3.8) is 0 Å². The van der Waals surface area contributed by atoms with E-state index in [4.69, 9.17) is 5.73 Å². The lowest BCUT2D eigenvalue weighted by Crippen LogP contribution is -2.08. The summed E-state index contributed by atoms with van der Waals surface area (Å²) in [4.78, 5) is 4.56. The van der Waals surface area contributed by atoms with E-state index in [0.29, 0.717) is 0 Å². The number of aliphatic hydroxyl groups excluding tert-OH is 1. The van der Waals surface area contributed by atoms with Gasteiger partial charge in [0.15, 0.2) is 0 Å². The molecule has 1 aromatic heterocycles. The van der Waals surface area contributed by atoms with Gasteiger partial charge >= 0.3 is 0 Å². The number of anilines is 1. The summed E-state index contributed by atoms with van der Waals surface area (Å²) in [7, 11) is 0. The van der Waals surface area contributed by atoms with Crippen LogP contribution in [0.5, 0.6) is 0 Å². The maximum Gasteiger partial charge on any atom is 0.138 e. The first-order chi connectivity index (χ1) is 10.1. The van der Waals surface area contributed by atoms with Gasteiger partial charge in [-0.05, 0) is 43.9 Å². The number of fused-ring (bicyclic) bond motifs is 1. The Bertz CT molecular complexity index is 612. The van der Waals surface area contributed by atoms with Gasteiger partial charge in [-0.25, -0.2) is 4.98 Å². The standard InChI is InChI=1S/C17H25N3O/c1-12(21)17-19-15-11-14(18)8-9-16(15)20(17)10-4-7-13-5-2-3-6-13/h8-9,11-13,21H,2-7,10,18H2,1H3. The molecule has 3 N–H and O–H groups in total. The molecule has 4 heteroatoms. The largest absolute Gasteiger partial charge is 0.399 e. The van der Waals surface area contributed by atoms with Crippen molar-refractivity contribution in [3.8, 4) is 0 Å². The first-order valence-electron chi connectivity index (χ1n) is 8.09. The monoisotopic (exact) mass is 287 g/mol. The van der Waals surface area contributed by atoms with Crippen LogP contribution in [-0.4, -0.2) is 14.7 Å². The topological polar surface area (TPSA) is 64.1 Å². The van der Waals surface area contributed by atoms with Crippen LogP contribution in [0.25, 0.3) is 11.0 Å². The van der Waals surface area contributed by atoms with Gasteiger partial charge < -0.3 is 15.4 Å². The number of aliphatic hydroxyl groups is 1. The maximum atomic E-state index is 9.97. The van der Waals surface area contributed by atoms with Crippen molar-refractivity contribution in [2.75, 3.05) is 5.73 Å². The predicted octanol–water partition coefficient (Wildman–Crippen LogP) is 3.64. The number of nitrogen functional groups attached to an aromatic ring is 1. The van der Waals surface area contributed by atoms with E-state index in [2.05, 4.69) is 9.55 Å². The first-order valence-corrected chi connectivity index (χ1v) is 8.09. The highest BCUT2D eigenvalue weighted by molar-refractivity contribution is 5.79. The molecule has 0 amide bonds. The molecule has 1 aliphatic rings. The fourth-order valence-corrected chi connectivity index (χ4v) is 3.56. The van der Waals surface area contributed by atoms with Crippen LogP contribution in [0.4, 0.5) is 5.69 Å². The van der Waals surface area contributed by atoms with Crippen LogP contribution in [-0.2, 0) is 6.54 Å². The van der Waals surface area contributed by atoms with E-state index >= 15 is 0 Å². The quantitative estimate of drug-likeness (QED) is 0.825. The van der Waals surface area contributed by atoms with Crippen molar-refractivity contribution in [2.45, 2.75) is 58.1 Å². The van der Waals surface area contributed by atoms with E-state index in [1.807, 2.05) is 18.2 Å². The van der Waals surface area contributed by atoms with Crippen LogP contribution in [0.2, 0.25) is 0 Å². The van der Waals surface area contributed by atoms with Gasteiger partial charge in [0.2, 0.25) is 0 Å². The third-order valence-corrected chi connectivity index (χ3v) is 4.64. The van der Waals surface area contributed by atoms with Gasteiger partial charge in [-0.15, -0.1) is 0 Å². The van der Waals surface area contributed by atoms with E-state index in [0.717, 1.165) is 41.4 Å². The summed E-state index contributed by atoms with van der Waals surface area (Å²) in [6.45, 7) is 2.70. The van der Waals surface area contributed by atoms with Crippen LogP contribution in [0, 0.1) is 5.92 Å². The fraction of sp³-hybridized carbons (Fsp3) is 0.588. The third kappa shape index (κ3) is 3.05. The maximum absolute atomic E-state index is 9.97. The molecule has 114 valence electrons. The molecule has 1 aliphatic carbocycles. The summed E-state index contributed by atoms with van der Waals surface area (Å²) < 4.78 is 2.16. The van der Waals surface area contributed by atoms with E-state index < -0.39 is 6.10 Å². The summed E-state index contributed by atoms with van der Waals surface area (Å²) >= 11 is 0. The van der Waals surface area contributed by atoms with Crippen molar-refractivity contribution < 1.29 is 5.11 Å². The minimum absolute atomic E-state index is 0.551. The van der Waals surface area contributed by atoms with Gasteiger partial charge in [-0.2, -0.15) is 0 Å². The zero-order valence-corrected chi connectivity index (χ0v) is 12.8. The zero-order chi connectivity index (χ0) is 14.8. The van der Waals surface area contributed by atoms with Crippen molar-refractivity contribution in [1.82, 2.24) is 9.55 Å². The van der Waals surface area contributed by atoms with E-state index in [9.17, 15) is 5.11 Å². The molecule has 0 saturated heterocycles. The Balaban J connectivity index is 1.79. The molecular formula is C17H25N3O. The van der Waals surface area contributed by atoms with Gasteiger partial charge in [-0.3, -0.25) is 0 Å². The van der Waals surface area contributed by atoms with Crippen LogP contribution in [0.1, 0.15) is 57.4 Å². The van der Waals surface area contributed by atoms with Gasteiger partial charge in [0.05, 0.1) is 11.0 Å². The fourth-order valence-electron chi connectivity index (χ4n) is 3.56. The van der Waals surface area contributed by atoms with Crippen LogP contribution in [0.3, 0.4) is 0 Å². The molecule has 1 aromatic carbocycles. The summed E-state index contributed by atoms with van der Waals surface area (Å²) in [5.41, 5.74) is 8.50. The second-order valence-electron chi connectivity index (χ2n) is 6.34. The third-order valence-electron chi connectivity index (χ3n) is 4.64.